The van der Waals surface area contributed by atoms with Gasteiger partial charge in [0.1, 0.15) is 5.00 Å². The number of aryl methyl sites for hydroxylation is 1. The van der Waals surface area contributed by atoms with E-state index >= 15 is 0 Å². The molecule has 0 aliphatic heterocycles. The fourth-order valence-corrected chi connectivity index (χ4v) is 7.65. The zero-order valence-corrected chi connectivity index (χ0v) is 21.8. The smallest absolute Gasteiger partial charge is 0.257 e. The van der Waals surface area contributed by atoms with Gasteiger partial charge in [0.2, 0.25) is 0 Å². The topological polar surface area (TPSA) is 58.2 Å². The molecular formula is C28H32N2O2S2. The highest BCUT2D eigenvalue weighted by Gasteiger charge is 2.33. The molecule has 2 heterocycles. The summed E-state index contributed by atoms with van der Waals surface area (Å²) in [6.07, 6.45) is 6.08. The molecule has 0 bridgehead atoms. The van der Waals surface area contributed by atoms with Gasteiger partial charge >= 0.3 is 0 Å². The molecule has 2 N–H and O–H groups in total. The van der Waals surface area contributed by atoms with E-state index in [2.05, 4.69) is 31.4 Å². The van der Waals surface area contributed by atoms with Crippen LogP contribution in [0.4, 0.5) is 5.00 Å². The molecule has 3 aromatic rings. The Morgan fingerprint density at radius 1 is 1.00 bits per heavy atom. The summed E-state index contributed by atoms with van der Waals surface area (Å²) in [6.45, 7) is 7.41. The van der Waals surface area contributed by atoms with Crippen LogP contribution in [0, 0.1) is 11.3 Å². The van der Waals surface area contributed by atoms with Gasteiger partial charge in [0, 0.05) is 21.7 Å². The Morgan fingerprint density at radius 2 is 1.79 bits per heavy atom. The van der Waals surface area contributed by atoms with E-state index in [1.54, 1.807) is 22.7 Å². The molecule has 178 valence electrons. The van der Waals surface area contributed by atoms with Crippen molar-refractivity contribution in [3.63, 3.8) is 0 Å². The number of nitrogens with one attached hydrogen (secondary N) is 2. The Kier molecular flexibility index (Phi) is 6.38. The lowest BCUT2D eigenvalue weighted by Crippen LogP contribution is -2.27. The standard InChI is InChI=1S/C28H32N2O2S2/c1-28(2,3)18-12-13-19-21(16-33-23(19)14-18)25(31)30-27-24(20-10-7-11-22(20)34-27)26(32)29-15-17-8-5-4-6-9-17/h4-6,8-9,16,18H,7,10-15H2,1-3H3,(H,29,32)(H,30,31)/t18-/m1/s1. The van der Waals surface area contributed by atoms with Crippen molar-refractivity contribution in [3.8, 4) is 0 Å². The van der Waals surface area contributed by atoms with Gasteiger partial charge in [-0.1, -0.05) is 51.1 Å². The normalized spacial score (nSPS) is 17.2. The van der Waals surface area contributed by atoms with Crippen molar-refractivity contribution in [2.75, 3.05) is 5.32 Å². The number of benzene rings is 1. The van der Waals surface area contributed by atoms with E-state index in [-0.39, 0.29) is 17.2 Å². The summed E-state index contributed by atoms with van der Waals surface area (Å²) in [5.41, 5.74) is 5.12. The molecule has 0 spiro atoms. The molecule has 1 aromatic carbocycles. The molecule has 0 saturated heterocycles. The maximum Gasteiger partial charge on any atom is 0.257 e. The molecule has 1 atom stereocenters. The lowest BCUT2D eigenvalue weighted by atomic mass is 9.72. The van der Waals surface area contributed by atoms with Crippen LogP contribution in [0.2, 0.25) is 0 Å². The lowest BCUT2D eigenvalue weighted by Gasteiger charge is -2.34. The molecule has 0 saturated carbocycles. The van der Waals surface area contributed by atoms with Gasteiger partial charge in [-0.3, -0.25) is 9.59 Å². The van der Waals surface area contributed by atoms with Crippen LogP contribution in [-0.2, 0) is 32.2 Å². The lowest BCUT2D eigenvalue weighted by molar-refractivity contribution is 0.0951. The zero-order valence-electron chi connectivity index (χ0n) is 20.1. The Morgan fingerprint density at radius 3 is 2.56 bits per heavy atom. The first-order valence-electron chi connectivity index (χ1n) is 12.2. The molecule has 4 nitrogen and oxygen atoms in total. The highest BCUT2D eigenvalue weighted by atomic mass is 32.1. The highest BCUT2D eigenvalue weighted by Crippen LogP contribution is 2.42. The van der Waals surface area contributed by atoms with Crippen molar-refractivity contribution >= 4 is 39.5 Å². The number of anilines is 1. The average molecular weight is 493 g/mol. The predicted octanol–water partition coefficient (Wildman–Crippen LogP) is 6.63. The van der Waals surface area contributed by atoms with Crippen LogP contribution < -0.4 is 10.6 Å². The van der Waals surface area contributed by atoms with Crippen LogP contribution in [0.5, 0.6) is 0 Å². The van der Waals surface area contributed by atoms with E-state index in [1.807, 2.05) is 35.7 Å². The second-order valence-corrected chi connectivity index (χ2v) is 12.6. The number of rotatable bonds is 5. The SMILES string of the molecule is CC(C)(C)[C@@H]1CCc2c(C(=O)Nc3sc4c(c3C(=O)NCc3ccccc3)CCC4)csc2C1. The van der Waals surface area contributed by atoms with Crippen molar-refractivity contribution in [1.82, 2.24) is 5.32 Å². The third-order valence-electron chi connectivity index (χ3n) is 7.30. The second kappa shape index (κ2) is 9.31. The Hall–Kier alpha value is -2.44. The maximum absolute atomic E-state index is 13.4. The molecule has 2 aromatic heterocycles. The van der Waals surface area contributed by atoms with Crippen molar-refractivity contribution in [1.29, 1.82) is 0 Å². The van der Waals surface area contributed by atoms with Gasteiger partial charge in [0.05, 0.1) is 11.1 Å². The highest BCUT2D eigenvalue weighted by molar-refractivity contribution is 7.17. The Bertz CT molecular complexity index is 1220. The summed E-state index contributed by atoms with van der Waals surface area (Å²) < 4.78 is 0. The molecule has 0 unspecified atom stereocenters. The van der Waals surface area contributed by atoms with Gasteiger partial charge in [-0.05, 0) is 66.5 Å². The fraction of sp³-hybridized carbons (Fsp3) is 0.429. The molecule has 2 amide bonds. The van der Waals surface area contributed by atoms with Gasteiger partial charge < -0.3 is 10.6 Å². The van der Waals surface area contributed by atoms with Crippen molar-refractivity contribution in [2.24, 2.45) is 11.3 Å². The van der Waals surface area contributed by atoms with E-state index in [1.165, 1.54) is 15.3 Å². The van der Waals surface area contributed by atoms with Gasteiger partial charge in [-0.25, -0.2) is 0 Å². The summed E-state index contributed by atoms with van der Waals surface area (Å²) >= 11 is 3.29. The summed E-state index contributed by atoms with van der Waals surface area (Å²) in [4.78, 5) is 29.2. The molecule has 2 aliphatic rings. The first-order chi connectivity index (χ1) is 16.3. The van der Waals surface area contributed by atoms with Crippen LogP contribution >= 0.6 is 22.7 Å². The van der Waals surface area contributed by atoms with Crippen molar-refractivity contribution in [3.05, 3.63) is 73.3 Å². The minimum Gasteiger partial charge on any atom is -0.348 e. The predicted molar refractivity (Wildman–Crippen MR) is 141 cm³/mol. The van der Waals surface area contributed by atoms with Crippen LogP contribution in [0.1, 0.15) is 80.8 Å². The first kappa shape index (κ1) is 23.3. The van der Waals surface area contributed by atoms with Crippen LogP contribution in [0.3, 0.4) is 0 Å². The van der Waals surface area contributed by atoms with E-state index < -0.39 is 0 Å². The minimum absolute atomic E-state index is 0.0799. The molecule has 2 aliphatic carbocycles. The van der Waals surface area contributed by atoms with E-state index in [4.69, 9.17) is 0 Å². The van der Waals surface area contributed by atoms with Gasteiger partial charge in [-0.2, -0.15) is 0 Å². The van der Waals surface area contributed by atoms with Crippen LogP contribution in [0.25, 0.3) is 0 Å². The van der Waals surface area contributed by atoms with E-state index in [0.717, 1.165) is 55.2 Å². The number of hydrogen-bond acceptors (Lipinski definition) is 4. The van der Waals surface area contributed by atoms with Crippen LogP contribution in [-0.4, -0.2) is 11.8 Å². The summed E-state index contributed by atoms with van der Waals surface area (Å²) in [5.74, 6) is 0.470. The monoisotopic (exact) mass is 492 g/mol. The van der Waals surface area contributed by atoms with Gasteiger partial charge in [-0.15, -0.1) is 22.7 Å². The number of thiophene rings is 2. The number of fused-ring (bicyclic) bond motifs is 2. The third kappa shape index (κ3) is 4.58. The van der Waals surface area contributed by atoms with E-state index in [0.29, 0.717) is 23.0 Å². The molecule has 6 heteroatoms. The molecule has 34 heavy (non-hydrogen) atoms. The fourth-order valence-electron chi connectivity index (χ4n) is 5.21. The van der Waals surface area contributed by atoms with Gasteiger partial charge in [0.25, 0.3) is 11.8 Å². The average Bonchev–Trinajstić information content (AvgIpc) is 3.51. The number of carbonyl (C=O) groups excluding carboxylic acids is 2. The third-order valence-corrected chi connectivity index (χ3v) is 9.55. The van der Waals surface area contributed by atoms with Crippen molar-refractivity contribution < 1.29 is 9.59 Å². The number of amides is 2. The minimum atomic E-state index is -0.0982. The van der Waals surface area contributed by atoms with E-state index in [9.17, 15) is 9.59 Å². The molecular weight excluding hydrogens is 460 g/mol. The maximum atomic E-state index is 13.4. The van der Waals surface area contributed by atoms with Gasteiger partial charge in [0.15, 0.2) is 0 Å². The largest absolute Gasteiger partial charge is 0.348 e. The zero-order chi connectivity index (χ0) is 23.9. The number of hydrogen-bond donors (Lipinski definition) is 2. The van der Waals surface area contributed by atoms with Crippen LogP contribution in [0.15, 0.2) is 35.7 Å². The first-order valence-corrected chi connectivity index (χ1v) is 13.9. The van der Waals surface area contributed by atoms with Crippen molar-refractivity contribution in [2.45, 2.75) is 65.8 Å². The Labute approximate surface area is 209 Å². The molecule has 5 rings (SSSR count). The molecule has 0 fully saturated rings. The quantitative estimate of drug-likeness (QED) is 0.420. The summed E-state index contributed by atoms with van der Waals surface area (Å²) in [6, 6.07) is 9.92. The summed E-state index contributed by atoms with van der Waals surface area (Å²) in [5, 5.41) is 8.92. The number of carbonyl (C=O) groups is 2. The Balaban J connectivity index is 1.35. The molecule has 0 radical (unpaired) electrons. The second-order valence-electron chi connectivity index (χ2n) is 10.5. The summed E-state index contributed by atoms with van der Waals surface area (Å²) in [7, 11) is 0.